The van der Waals surface area contributed by atoms with E-state index in [1.165, 1.54) is 14.2 Å². The Labute approximate surface area is 107 Å². The van der Waals surface area contributed by atoms with Crippen molar-refractivity contribution >= 4 is 5.91 Å². The molecule has 2 heterocycles. The van der Waals surface area contributed by atoms with E-state index in [1.807, 2.05) is 0 Å². The van der Waals surface area contributed by atoms with Crippen LogP contribution in [0.2, 0.25) is 0 Å². The highest BCUT2D eigenvalue weighted by Gasteiger charge is 2.40. The number of hydrogen-bond donors (Lipinski definition) is 1. The van der Waals surface area contributed by atoms with Crippen LogP contribution in [0.5, 0.6) is 0 Å². The summed E-state index contributed by atoms with van der Waals surface area (Å²) < 4.78 is 39.7. The topological polar surface area (TPSA) is 59.4 Å². The normalized spacial score (nSPS) is 15.2. The van der Waals surface area contributed by atoms with Crippen molar-refractivity contribution in [2.45, 2.75) is 19.3 Å². The second-order valence-corrected chi connectivity index (χ2v) is 4.04. The molecule has 0 saturated carbocycles. The van der Waals surface area contributed by atoms with E-state index in [0.29, 0.717) is 6.54 Å². The molecule has 0 bridgehead atoms. The number of hydrogen-bond acceptors (Lipinski definition) is 4. The third-order valence-electron chi connectivity index (χ3n) is 2.89. The highest BCUT2D eigenvalue weighted by Crippen LogP contribution is 2.31. The lowest BCUT2D eigenvalue weighted by Gasteiger charge is -2.19. The van der Waals surface area contributed by atoms with Gasteiger partial charge in [-0.2, -0.15) is 13.2 Å². The maximum Gasteiger partial charge on any atom is 0.449 e. The number of amides is 1. The van der Waals surface area contributed by atoms with Crippen LogP contribution in [-0.2, 0) is 24.1 Å². The number of aromatic nitrogens is 2. The van der Waals surface area contributed by atoms with Crippen molar-refractivity contribution in [2.24, 2.45) is 0 Å². The van der Waals surface area contributed by atoms with Gasteiger partial charge in [0.15, 0.2) is 5.69 Å². The van der Waals surface area contributed by atoms with E-state index >= 15 is 0 Å². The van der Waals surface area contributed by atoms with Gasteiger partial charge in [0.25, 0.3) is 5.91 Å². The predicted molar refractivity (Wildman–Crippen MR) is 58.0 cm³/mol. The summed E-state index contributed by atoms with van der Waals surface area (Å²) in [4.78, 5) is 20.1. The van der Waals surface area contributed by atoms with Gasteiger partial charge in [-0.05, 0) is 0 Å². The Kier molecular flexibility index (Phi) is 3.50. The van der Waals surface area contributed by atoms with Crippen LogP contribution in [-0.4, -0.2) is 41.2 Å². The Morgan fingerprint density at radius 1 is 1.53 bits per heavy atom. The van der Waals surface area contributed by atoms with Gasteiger partial charge in [0.1, 0.15) is 0 Å². The van der Waals surface area contributed by atoms with Gasteiger partial charge < -0.3 is 9.88 Å². The molecule has 6 nitrogen and oxygen atoms in total. The fraction of sp³-hybridized carbons (Fsp3) is 0.600. The summed E-state index contributed by atoms with van der Waals surface area (Å²) in [6.07, 6.45) is -4.59. The molecular formula is C10H13F3N4O2. The Morgan fingerprint density at radius 2 is 2.21 bits per heavy atom. The number of carbonyl (C=O) groups excluding carboxylic acids is 1. The van der Waals surface area contributed by atoms with Crippen LogP contribution in [0.1, 0.15) is 22.0 Å². The molecule has 1 amide bonds. The maximum atomic E-state index is 12.9. The number of hydroxylamine groups is 2. The van der Waals surface area contributed by atoms with Gasteiger partial charge in [-0.3, -0.25) is 9.63 Å². The molecule has 0 saturated heterocycles. The number of carbonyl (C=O) groups is 1. The summed E-state index contributed by atoms with van der Waals surface area (Å²) in [7, 11) is 2.57. The van der Waals surface area contributed by atoms with E-state index in [2.05, 4.69) is 15.1 Å². The number of alkyl halides is 3. The molecular weight excluding hydrogens is 265 g/mol. The molecule has 0 atom stereocenters. The molecule has 1 aliphatic heterocycles. The third-order valence-corrected chi connectivity index (χ3v) is 2.89. The Hall–Kier alpha value is -1.61. The van der Waals surface area contributed by atoms with Gasteiger partial charge >= 0.3 is 6.18 Å². The van der Waals surface area contributed by atoms with E-state index in [4.69, 9.17) is 0 Å². The molecule has 1 aromatic heterocycles. The van der Waals surface area contributed by atoms with E-state index in [1.54, 1.807) is 0 Å². The number of fused-ring (bicyclic) bond motifs is 1. The quantitative estimate of drug-likeness (QED) is 0.806. The zero-order chi connectivity index (χ0) is 14.2. The van der Waals surface area contributed by atoms with Crippen molar-refractivity contribution in [3.63, 3.8) is 0 Å². The summed E-state index contributed by atoms with van der Waals surface area (Å²) in [5.41, 5.74) is -0.00338. The van der Waals surface area contributed by atoms with Gasteiger partial charge in [-0.15, -0.1) is 0 Å². The molecule has 0 unspecified atom stereocenters. The van der Waals surface area contributed by atoms with Crippen LogP contribution in [0.4, 0.5) is 13.2 Å². The van der Waals surface area contributed by atoms with Crippen molar-refractivity contribution in [3.05, 3.63) is 17.2 Å². The standard InChI is InChI=1S/C10H13F3N4O2/c1-16(19-2)8(18)7-6-5-14-3-4-17(6)9(15-7)10(11,12)13/h14H,3-5H2,1-2H3. The fourth-order valence-corrected chi connectivity index (χ4v) is 1.92. The average Bonchev–Trinajstić information content (AvgIpc) is 2.76. The molecule has 0 fully saturated rings. The minimum Gasteiger partial charge on any atom is -0.321 e. The van der Waals surface area contributed by atoms with Crippen LogP contribution >= 0.6 is 0 Å². The summed E-state index contributed by atoms with van der Waals surface area (Å²) in [5.74, 6) is -1.75. The van der Waals surface area contributed by atoms with Gasteiger partial charge in [0.2, 0.25) is 5.82 Å². The van der Waals surface area contributed by atoms with Crippen molar-refractivity contribution < 1.29 is 22.8 Å². The van der Waals surface area contributed by atoms with Gasteiger partial charge in [0, 0.05) is 26.7 Å². The maximum absolute atomic E-state index is 12.9. The second kappa shape index (κ2) is 4.82. The van der Waals surface area contributed by atoms with E-state index in [0.717, 1.165) is 9.63 Å². The zero-order valence-electron chi connectivity index (χ0n) is 10.4. The number of nitrogens with zero attached hydrogens (tertiary/aromatic N) is 3. The third kappa shape index (κ3) is 2.43. The smallest absolute Gasteiger partial charge is 0.321 e. The zero-order valence-corrected chi connectivity index (χ0v) is 10.4. The lowest BCUT2D eigenvalue weighted by molar-refractivity contribution is -0.147. The summed E-state index contributed by atoms with van der Waals surface area (Å²) in [5, 5.41) is 3.76. The predicted octanol–water partition coefficient (Wildman–Crippen LogP) is 0.638. The molecule has 0 spiro atoms. The van der Waals surface area contributed by atoms with E-state index < -0.39 is 17.9 Å². The summed E-state index contributed by atoms with van der Waals surface area (Å²) in [6.45, 7) is 0.697. The molecule has 0 radical (unpaired) electrons. The SMILES string of the molecule is CON(C)C(=O)c1nc(C(F)(F)F)n2c1CNCC2. The van der Waals surface area contributed by atoms with Gasteiger partial charge in [-0.25, -0.2) is 10.0 Å². The van der Waals surface area contributed by atoms with Crippen molar-refractivity contribution in [1.29, 1.82) is 0 Å². The van der Waals surface area contributed by atoms with Gasteiger partial charge in [0.05, 0.1) is 12.8 Å². The first kappa shape index (κ1) is 13.8. The largest absolute Gasteiger partial charge is 0.449 e. The van der Waals surface area contributed by atoms with Crippen molar-refractivity contribution in [1.82, 2.24) is 19.9 Å². The lowest BCUT2D eigenvalue weighted by atomic mass is 10.2. The first-order valence-corrected chi connectivity index (χ1v) is 5.55. The molecule has 106 valence electrons. The molecule has 1 aliphatic rings. The fourth-order valence-electron chi connectivity index (χ4n) is 1.92. The molecule has 1 aromatic rings. The average molecular weight is 278 g/mol. The Bertz CT molecular complexity index is 498. The van der Waals surface area contributed by atoms with E-state index in [9.17, 15) is 18.0 Å². The number of nitrogens with one attached hydrogen (secondary N) is 1. The summed E-state index contributed by atoms with van der Waals surface area (Å²) >= 11 is 0. The minimum absolute atomic E-state index is 0.126. The van der Waals surface area contributed by atoms with Gasteiger partial charge in [-0.1, -0.05) is 0 Å². The van der Waals surface area contributed by atoms with Crippen LogP contribution in [0.15, 0.2) is 0 Å². The first-order chi connectivity index (χ1) is 8.86. The Balaban J connectivity index is 2.51. The van der Waals surface area contributed by atoms with Crippen molar-refractivity contribution in [3.8, 4) is 0 Å². The second-order valence-electron chi connectivity index (χ2n) is 4.04. The van der Waals surface area contributed by atoms with Crippen LogP contribution in [0, 0.1) is 0 Å². The Morgan fingerprint density at radius 3 is 2.79 bits per heavy atom. The molecule has 1 N–H and O–H groups in total. The van der Waals surface area contributed by atoms with Crippen LogP contribution < -0.4 is 5.32 Å². The molecule has 2 rings (SSSR count). The molecule has 19 heavy (non-hydrogen) atoms. The highest BCUT2D eigenvalue weighted by molar-refractivity contribution is 5.92. The lowest BCUT2D eigenvalue weighted by Crippen LogP contribution is -2.32. The summed E-state index contributed by atoms with van der Waals surface area (Å²) in [6, 6.07) is 0. The van der Waals surface area contributed by atoms with E-state index in [-0.39, 0.29) is 24.5 Å². The number of halogens is 3. The molecule has 9 heteroatoms. The van der Waals surface area contributed by atoms with Crippen molar-refractivity contribution in [2.75, 3.05) is 20.7 Å². The highest BCUT2D eigenvalue weighted by atomic mass is 19.4. The number of rotatable bonds is 2. The molecule has 0 aromatic carbocycles. The minimum atomic E-state index is -4.59. The van der Waals surface area contributed by atoms with Crippen LogP contribution in [0.3, 0.4) is 0 Å². The first-order valence-electron chi connectivity index (χ1n) is 5.55. The monoisotopic (exact) mass is 278 g/mol. The molecule has 0 aliphatic carbocycles. The number of imidazole rings is 1. The van der Waals surface area contributed by atoms with Crippen LogP contribution in [0.25, 0.3) is 0 Å².